The van der Waals surface area contributed by atoms with Crippen LogP contribution in [0.4, 0.5) is 5.69 Å². The Morgan fingerprint density at radius 2 is 2.27 bits per heavy atom. The zero-order chi connectivity index (χ0) is 15.5. The SMILES string of the molecule is CCCC(N)C(=O)Nc1ccc2c(c1)nc1n2CCCCC1. The highest BCUT2D eigenvalue weighted by molar-refractivity contribution is 5.96. The lowest BCUT2D eigenvalue weighted by Crippen LogP contribution is -2.35. The van der Waals surface area contributed by atoms with Crippen LogP contribution in [-0.2, 0) is 17.8 Å². The second-order valence-electron chi connectivity index (χ2n) is 6.08. The van der Waals surface area contributed by atoms with E-state index in [0.29, 0.717) is 6.42 Å². The lowest BCUT2D eigenvalue weighted by molar-refractivity contribution is -0.117. The van der Waals surface area contributed by atoms with Gasteiger partial charge >= 0.3 is 0 Å². The van der Waals surface area contributed by atoms with Crippen molar-refractivity contribution in [3.05, 3.63) is 24.0 Å². The monoisotopic (exact) mass is 300 g/mol. The number of carbonyl (C=O) groups excluding carboxylic acids is 1. The van der Waals surface area contributed by atoms with E-state index in [1.54, 1.807) is 0 Å². The summed E-state index contributed by atoms with van der Waals surface area (Å²) in [6, 6.07) is 5.50. The molecule has 1 aromatic carbocycles. The number of hydrogen-bond acceptors (Lipinski definition) is 3. The number of imidazole rings is 1. The second kappa shape index (κ2) is 6.48. The lowest BCUT2D eigenvalue weighted by Gasteiger charge is -2.11. The van der Waals surface area contributed by atoms with Crippen molar-refractivity contribution in [3.63, 3.8) is 0 Å². The number of amides is 1. The molecule has 0 aliphatic carbocycles. The van der Waals surface area contributed by atoms with E-state index < -0.39 is 6.04 Å². The molecule has 2 heterocycles. The first kappa shape index (κ1) is 15.0. The number of hydrogen-bond donors (Lipinski definition) is 2. The molecule has 1 amide bonds. The highest BCUT2D eigenvalue weighted by atomic mass is 16.2. The Hall–Kier alpha value is -1.88. The van der Waals surface area contributed by atoms with E-state index in [2.05, 4.69) is 16.0 Å². The zero-order valence-corrected chi connectivity index (χ0v) is 13.1. The van der Waals surface area contributed by atoms with E-state index in [-0.39, 0.29) is 5.91 Å². The number of aryl methyl sites for hydroxylation is 2. The van der Waals surface area contributed by atoms with Crippen LogP contribution < -0.4 is 11.1 Å². The first-order valence-electron chi connectivity index (χ1n) is 8.24. The molecule has 0 spiro atoms. The molecule has 1 atom stereocenters. The van der Waals surface area contributed by atoms with Crippen LogP contribution in [0.2, 0.25) is 0 Å². The van der Waals surface area contributed by atoms with Crippen LogP contribution in [0.15, 0.2) is 18.2 Å². The molecule has 0 fully saturated rings. The molecule has 5 nitrogen and oxygen atoms in total. The Bertz CT molecular complexity index is 677. The summed E-state index contributed by atoms with van der Waals surface area (Å²) in [6.45, 7) is 3.07. The maximum absolute atomic E-state index is 12.0. The van der Waals surface area contributed by atoms with Gasteiger partial charge in [-0.2, -0.15) is 0 Å². The number of aromatic nitrogens is 2. The third-order valence-electron chi connectivity index (χ3n) is 4.31. The molecule has 0 saturated carbocycles. The van der Waals surface area contributed by atoms with Gasteiger partial charge in [0.05, 0.1) is 17.1 Å². The predicted octanol–water partition coefficient (Wildman–Crippen LogP) is 2.83. The number of rotatable bonds is 4. The van der Waals surface area contributed by atoms with Gasteiger partial charge in [-0.3, -0.25) is 4.79 Å². The first-order chi connectivity index (χ1) is 10.7. The largest absolute Gasteiger partial charge is 0.328 e. The molecule has 1 aromatic heterocycles. The van der Waals surface area contributed by atoms with Crippen molar-refractivity contribution in [1.29, 1.82) is 0 Å². The zero-order valence-electron chi connectivity index (χ0n) is 13.1. The molecule has 22 heavy (non-hydrogen) atoms. The standard InChI is InChI=1S/C17H24N4O/c1-2-6-13(18)17(22)19-12-8-9-15-14(11-12)20-16-7-4-3-5-10-21(15)16/h8-9,11,13H,2-7,10,18H2,1H3,(H,19,22). The smallest absolute Gasteiger partial charge is 0.241 e. The fourth-order valence-corrected chi connectivity index (χ4v) is 3.10. The molecule has 2 aromatic rings. The summed E-state index contributed by atoms with van der Waals surface area (Å²) in [6.07, 6.45) is 6.34. The fourth-order valence-electron chi connectivity index (χ4n) is 3.10. The molecule has 3 rings (SSSR count). The van der Waals surface area contributed by atoms with Crippen molar-refractivity contribution in [3.8, 4) is 0 Å². The van der Waals surface area contributed by atoms with Crippen LogP contribution in [0, 0.1) is 0 Å². The summed E-state index contributed by atoms with van der Waals surface area (Å²) in [5, 5.41) is 2.90. The van der Waals surface area contributed by atoms with E-state index in [1.165, 1.54) is 25.1 Å². The summed E-state index contributed by atoms with van der Waals surface area (Å²) < 4.78 is 2.32. The average molecular weight is 300 g/mol. The molecule has 118 valence electrons. The van der Waals surface area contributed by atoms with Gasteiger partial charge in [0.2, 0.25) is 5.91 Å². The van der Waals surface area contributed by atoms with Gasteiger partial charge in [0.1, 0.15) is 5.82 Å². The Morgan fingerprint density at radius 1 is 1.41 bits per heavy atom. The second-order valence-corrected chi connectivity index (χ2v) is 6.08. The summed E-state index contributed by atoms with van der Waals surface area (Å²) in [5.41, 5.74) is 8.75. The Balaban J connectivity index is 1.83. The maximum atomic E-state index is 12.0. The van der Waals surface area contributed by atoms with Gasteiger partial charge in [-0.25, -0.2) is 4.98 Å². The molecule has 0 saturated heterocycles. The van der Waals surface area contributed by atoms with E-state index in [1.807, 2.05) is 19.1 Å². The van der Waals surface area contributed by atoms with Crippen LogP contribution in [-0.4, -0.2) is 21.5 Å². The Labute approximate surface area is 130 Å². The number of anilines is 1. The fraction of sp³-hybridized carbons (Fsp3) is 0.529. The van der Waals surface area contributed by atoms with Crippen LogP contribution in [0.1, 0.15) is 44.9 Å². The number of nitrogens with zero attached hydrogens (tertiary/aromatic N) is 2. The topological polar surface area (TPSA) is 72.9 Å². The van der Waals surface area contributed by atoms with Crippen molar-refractivity contribution in [2.45, 2.75) is 58.0 Å². The van der Waals surface area contributed by atoms with Crippen LogP contribution in [0.5, 0.6) is 0 Å². The van der Waals surface area contributed by atoms with Crippen molar-refractivity contribution >= 4 is 22.6 Å². The Morgan fingerprint density at radius 3 is 3.09 bits per heavy atom. The normalized spacial score (nSPS) is 16.1. The molecule has 3 N–H and O–H groups in total. The quantitative estimate of drug-likeness (QED) is 0.912. The van der Waals surface area contributed by atoms with E-state index in [4.69, 9.17) is 10.7 Å². The summed E-state index contributed by atoms with van der Waals surface area (Å²) >= 11 is 0. The minimum Gasteiger partial charge on any atom is -0.328 e. The minimum absolute atomic E-state index is 0.123. The molecular formula is C17H24N4O. The molecule has 0 radical (unpaired) electrons. The first-order valence-corrected chi connectivity index (χ1v) is 8.24. The third-order valence-corrected chi connectivity index (χ3v) is 4.31. The van der Waals surface area contributed by atoms with Crippen LogP contribution in [0.3, 0.4) is 0 Å². The van der Waals surface area contributed by atoms with Crippen molar-refractivity contribution < 1.29 is 4.79 Å². The third kappa shape index (κ3) is 2.99. The van der Waals surface area contributed by atoms with Gasteiger partial charge in [0.15, 0.2) is 0 Å². The molecule has 1 aliphatic rings. The highest BCUT2D eigenvalue weighted by Crippen LogP contribution is 2.24. The van der Waals surface area contributed by atoms with Gasteiger partial charge in [0, 0.05) is 18.7 Å². The molecule has 1 unspecified atom stereocenters. The van der Waals surface area contributed by atoms with Crippen LogP contribution in [0.25, 0.3) is 11.0 Å². The van der Waals surface area contributed by atoms with Crippen molar-refractivity contribution in [2.75, 3.05) is 5.32 Å². The van der Waals surface area contributed by atoms with Gasteiger partial charge in [-0.05, 0) is 37.5 Å². The summed E-state index contributed by atoms with van der Waals surface area (Å²) in [7, 11) is 0. The number of nitrogens with one attached hydrogen (secondary N) is 1. The molecule has 0 bridgehead atoms. The van der Waals surface area contributed by atoms with Gasteiger partial charge in [-0.1, -0.05) is 19.8 Å². The lowest BCUT2D eigenvalue weighted by atomic mass is 10.1. The van der Waals surface area contributed by atoms with Gasteiger partial charge in [-0.15, -0.1) is 0 Å². The maximum Gasteiger partial charge on any atom is 0.241 e. The number of benzene rings is 1. The van der Waals surface area contributed by atoms with Crippen LogP contribution >= 0.6 is 0 Å². The number of carbonyl (C=O) groups is 1. The molecular weight excluding hydrogens is 276 g/mol. The van der Waals surface area contributed by atoms with E-state index in [0.717, 1.165) is 36.1 Å². The van der Waals surface area contributed by atoms with Gasteiger partial charge < -0.3 is 15.6 Å². The average Bonchev–Trinajstić information content (AvgIpc) is 2.68. The van der Waals surface area contributed by atoms with Gasteiger partial charge in [0.25, 0.3) is 0 Å². The van der Waals surface area contributed by atoms with Crippen molar-refractivity contribution in [2.24, 2.45) is 5.73 Å². The summed E-state index contributed by atoms with van der Waals surface area (Å²) in [5.74, 6) is 1.04. The molecule has 5 heteroatoms. The minimum atomic E-state index is -0.445. The summed E-state index contributed by atoms with van der Waals surface area (Å²) in [4.78, 5) is 16.8. The van der Waals surface area contributed by atoms with Crippen molar-refractivity contribution in [1.82, 2.24) is 9.55 Å². The Kier molecular flexibility index (Phi) is 4.43. The number of nitrogens with two attached hydrogens (primary N) is 1. The highest BCUT2D eigenvalue weighted by Gasteiger charge is 2.15. The van der Waals surface area contributed by atoms with E-state index in [9.17, 15) is 4.79 Å². The predicted molar refractivity (Wildman–Crippen MR) is 88.8 cm³/mol. The number of fused-ring (bicyclic) bond motifs is 3. The molecule has 1 aliphatic heterocycles. The van der Waals surface area contributed by atoms with E-state index >= 15 is 0 Å².